The van der Waals surface area contributed by atoms with Crippen LogP contribution in [0.1, 0.15) is 59.3 Å². The molecule has 0 aliphatic carbocycles. The fourth-order valence-corrected chi connectivity index (χ4v) is 2.42. The minimum Gasteiger partial charge on any atom is -0.368 e. The van der Waals surface area contributed by atoms with Crippen LogP contribution in [0.3, 0.4) is 0 Å². The molecule has 2 aromatic heterocycles. The third kappa shape index (κ3) is 4.10. The van der Waals surface area contributed by atoms with Crippen LogP contribution in [-0.2, 0) is 6.54 Å². The molecule has 1 amide bonds. The molecule has 0 aliphatic heterocycles. The number of carbonyl (C=O) groups excluding carboxylic acids is 1. The maximum atomic E-state index is 12.2. The van der Waals surface area contributed by atoms with Crippen molar-refractivity contribution in [2.45, 2.75) is 53.5 Å². The molecule has 0 fully saturated rings. The van der Waals surface area contributed by atoms with Gasteiger partial charge in [0.25, 0.3) is 5.91 Å². The van der Waals surface area contributed by atoms with Crippen LogP contribution < -0.4 is 11.1 Å². The monoisotopic (exact) mass is 330 g/mol. The Hall–Kier alpha value is -2.44. The van der Waals surface area contributed by atoms with Gasteiger partial charge in [0.05, 0.1) is 5.69 Å². The number of amides is 1. The second-order valence-corrected chi connectivity index (χ2v) is 6.32. The number of rotatable bonds is 6. The molecule has 7 nitrogen and oxygen atoms in total. The highest BCUT2D eigenvalue weighted by Crippen LogP contribution is 2.14. The van der Waals surface area contributed by atoms with E-state index in [0.29, 0.717) is 12.2 Å². The molecular formula is C17H26N6O. The minimum absolute atomic E-state index is 0.129. The second kappa shape index (κ2) is 7.42. The van der Waals surface area contributed by atoms with Crippen molar-refractivity contribution in [3.63, 3.8) is 0 Å². The Balaban J connectivity index is 1.90. The molecule has 0 saturated carbocycles. The molecule has 2 heterocycles. The van der Waals surface area contributed by atoms with Crippen LogP contribution in [0.4, 0.5) is 5.95 Å². The average molecular weight is 330 g/mol. The quantitative estimate of drug-likeness (QED) is 0.791. The summed E-state index contributed by atoms with van der Waals surface area (Å²) in [6.45, 7) is 11.5. The lowest BCUT2D eigenvalue weighted by atomic mass is 10.1. The molecule has 0 saturated heterocycles. The van der Waals surface area contributed by atoms with E-state index in [1.807, 2.05) is 25.5 Å². The number of nitrogens with one attached hydrogen (secondary N) is 1. The Bertz CT molecular complexity index is 735. The molecule has 2 rings (SSSR count). The summed E-state index contributed by atoms with van der Waals surface area (Å²) in [7, 11) is 0. The number of nitrogen functional groups attached to an aromatic ring is 1. The largest absolute Gasteiger partial charge is 0.368 e. The van der Waals surface area contributed by atoms with E-state index in [9.17, 15) is 4.79 Å². The third-order valence-electron chi connectivity index (χ3n) is 4.16. The van der Waals surface area contributed by atoms with Crippen molar-refractivity contribution in [3.05, 3.63) is 34.4 Å². The number of carbonyl (C=O) groups is 1. The second-order valence-electron chi connectivity index (χ2n) is 6.32. The van der Waals surface area contributed by atoms with Crippen molar-refractivity contribution < 1.29 is 4.79 Å². The molecule has 130 valence electrons. The van der Waals surface area contributed by atoms with E-state index < -0.39 is 0 Å². The maximum absolute atomic E-state index is 12.2. The van der Waals surface area contributed by atoms with E-state index in [1.165, 1.54) is 11.3 Å². The van der Waals surface area contributed by atoms with Crippen LogP contribution in [0.5, 0.6) is 0 Å². The van der Waals surface area contributed by atoms with Crippen LogP contribution in [-0.4, -0.2) is 32.2 Å². The minimum atomic E-state index is -0.226. The lowest BCUT2D eigenvalue weighted by molar-refractivity contribution is 0.0947. The van der Waals surface area contributed by atoms with Crippen molar-refractivity contribution in [3.8, 4) is 0 Å². The molecule has 0 radical (unpaired) electrons. The molecule has 2 aromatic rings. The topological polar surface area (TPSA) is 98.7 Å². The molecular weight excluding hydrogens is 304 g/mol. The maximum Gasteiger partial charge on any atom is 0.270 e. The van der Waals surface area contributed by atoms with Crippen LogP contribution in [0.2, 0.25) is 0 Å². The Labute approximate surface area is 142 Å². The average Bonchev–Trinajstić information content (AvgIpc) is 2.77. The number of anilines is 1. The van der Waals surface area contributed by atoms with Gasteiger partial charge in [-0.15, -0.1) is 0 Å². The molecule has 3 N–H and O–H groups in total. The standard InChI is InChI=1S/C17H26N6O/c1-10(2)14-9-15(21-17(18)20-14)16(24)19-7-6-8-23-13(5)11(3)12(4)22-23/h9-10H,6-8H2,1-5H3,(H,19,24)(H2,18,20,21). The van der Waals surface area contributed by atoms with Crippen molar-refractivity contribution in [1.82, 2.24) is 25.1 Å². The van der Waals surface area contributed by atoms with E-state index >= 15 is 0 Å². The third-order valence-corrected chi connectivity index (χ3v) is 4.16. The highest BCUT2D eigenvalue weighted by atomic mass is 16.1. The highest BCUT2D eigenvalue weighted by Gasteiger charge is 2.12. The van der Waals surface area contributed by atoms with Crippen molar-refractivity contribution in [2.75, 3.05) is 12.3 Å². The van der Waals surface area contributed by atoms with Crippen molar-refractivity contribution in [1.29, 1.82) is 0 Å². The van der Waals surface area contributed by atoms with E-state index in [1.54, 1.807) is 6.07 Å². The van der Waals surface area contributed by atoms with Gasteiger partial charge >= 0.3 is 0 Å². The van der Waals surface area contributed by atoms with Gasteiger partial charge in [-0.1, -0.05) is 13.8 Å². The van der Waals surface area contributed by atoms with Gasteiger partial charge in [0.15, 0.2) is 0 Å². The van der Waals surface area contributed by atoms with E-state index in [-0.39, 0.29) is 17.8 Å². The smallest absolute Gasteiger partial charge is 0.270 e. The lowest BCUT2D eigenvalue weighted by Gasteiger charge is -2.09. The summed E-state index contributed by atoms with van der Waals surface area (Å²) in [4.78, 5) is 20.4. The predicted octanol–water partition coefficient (Wildman–Crippen LogP) is 2.12. The van der Waals surface area contributed by atoms with Gasteiger partial charge in [-0.25, -0.2) is 9.97 Å². The fourth-order valence-electron chi connectivity index (χ4n) is 2.42. The van der Waals surface area contributed by atoms with Gasteiger partial charge in [-0.3, -0.25) is 9.48 Å². The van der Waals surface area contributed by atoms with E-state index in [0.717, 1.165) is 24.4 Å². The number of nitrogens with two attached hydrogens (primary N) is 1. The van der Waals surface area contributed by atoms with Crippen LogP contribution in [0, 0.1) is 20.8 Å². The van der Waals surface area contributed by atoms with Crippen molar-refractivity contribution >= 4 is 11.9 Å². The molecule has 0 aliphatic rings. The molecule has 24 heavy (non-hydrogen) atoms. The van der Waals surface area contributed by atoms with Gasteiger partial charge in [-0.2, -0.15) is 5.10 Å². The molecule has 0 aromatic carbocycles. The summed E-state index contributed by atoms with van der Waals surface area (Å²) < 4.78 is 1.98. The van der Waals surface area contributed by atoms with Gasteiger partial charge in [0, 0.05) is 24.5 Å². The number of aryl methyl sites for hydroxylation is 2. The first-order valence-electron chi connectivity index (χ1n) is 8.22. The first kappa shape index (κ1) is 17.9. The summed E-state index contributed by atoms with van der Waals surface area (Å²) in [5, 5.41) is 7.37. The summed E-state index contributed by atoms with van der Waals surface area (Å²) >= 11 is 0. The first-order valence-corrected chi connectivity index (χ1v) is 8.22. The summed E-state index contributed by atoms with van der Waals surface area (Å²) in [6.07, 6.45) is 0.796. The zero-order valence-corrected chi connectivity index (χ0v) is 15.1. The normalized spacial score (nSPS) is 11.1. The molecule has 7 heteroatoms. The summed E-state index contributed by atoms with van der Waals surface area (Å²) in [6, 6.07) is 1.70. The van der Waals surface area contributed by atoms with E-state index in [2.05, 4.69) is 34.2 Å². The summed E-state index contributed by atoms with van der Waals surface area (Å²) in [5.74, 6) is 0.0936. The van der Waals surface area contributed by atoms with Crippen LogP contribution in [0.15, 0.2) is 6.07 Å². The Morgan fingerprint density at radius 3 is 2.58 bits per heavy atom. The molecule has 0 unspecified atom stereocenters. The number of nitrogens with zero attached hydrogens (tertiary/aromatic N) is 4. The Kier molecular flexibility index (Phi) is 5.54. The Morgan fingerprint density at radius 1 is 1.29 bits per heavy atom. The molecule has 0 spiro atoms. The highest BCUT2D eigenvalue weighted by molar-refractivity contribution is 5.92. The lowest BCUT2D eigenvalue weighted by Crippen LogP contribution is -2.27. The Morgan fingerprint density at radius 2 is 2.00 bits per heavy atom. The van der Waals surface area contributed by atoms with Crippen molar-refractivity contribution in [2.24, 2.45) is 0 Å². The first-order chi connectivity index (χ1) is 11.3. The van der Waals surface area contributed by atoms with Gasteiger partial charge in [0.1, 0.15) is 5.69 Å². The SMILES string of the molecule is Cc1nn(CCCNC(=O)c2cc(C(C)C)nc(N)n2)c(C)c1C. The molecule has 0 bridgehead atoms. The van der Waals surface area contributed by atoms with Crippen LogP contribution in [0.25, 0.3) is 0 Å². The number of hydrogen-bond acceptors (Lipinski definition) is 5. The molecule has 0 atom stereocenters. The van der Waals surface area contributed by atoms with Gasteiger partial charge < -0.3 is 11.1 Å². The number of hydrogen-bond donors (Lipinski definition) is 2. The summed E-state index contributed by atoms with van der Waals surface area (Å²) in [5.41, 5.74) is 10.2. The zero-order valence-electron chi connectivity index (χ0n) is 15.1. The fraction of sp³-hybridized carbons (Fsp3) is 0.529. The zero-order chi connectivity index (χ0) is 17.9. The van der Waals surface area contributed by atoms with Gasteiger partial charge in [-0.05, 0) is 44.7 Å². The van der Waals surface area contributed by atoms with Gasteiger partial charge in [0.2, 0.25) is 5.95 Å². The number of aromatic nitrogens is 4. The van der Waals surface area contributed by atoms with Crippen LogP contribution >= 0.6 is 0 Å². The predicted molar refractivity (Wildman–Crippen MR) is 93.9 cm³/mol. The van der Waals surface area contributed by atoms with E-state index in [4.69, 9.17) is 5.73 Å².